The van der Waals surface area contributed by atoms with Gasteiger partial charge in [-0.3, -0.25) is 4.21 Å². The van der Waals surface area contributed by atoms with Crippen molar-refractivity contribution in [2.75, 3.05) is 0 Å². The highest BCUT2D eigenvalue weighted by molar-refractivity contribution is 7.84. The SMILES string of the molecule is Cc1ccc(S(=O)Cc2cccc(C(=O)O)c2)cc1. The summed E-state index contributed by atoms with van der Waals surface area (Å²) >= 11 is 0. The first kappa shape index (κ1) is 13.5. The second kappa shape index (κ2) is 5.80. The molecule has 0 radical (unpaired) electrons. The molecule has 0 bridgehead atoms. The van der Waals surface area contributed by atoms with E-state index in [1.165, 1.54) is 6.07 Å². The Morgan fingerprint density at radius 3 is 2.47 bits per heavy atom. The molecule has 2 aromatic carbocycles. The predicted molar refractivity (Wildman–Crippen MR) is 74.7 cm³/mol. The van der Waals surface area contributed by atoms with E-state index < -0.39 is 16.8 Å². The second-order valence-electron chi connectivity index (χ2n) is 4.31. The Morgan fingerprint density at radius 2 is 1.84 bits per heavy atom. The van der Waals surface area contributed by atoms with Crippen molar-refractivity contribution in [1.29, 1.82) is 0 Å². The molecule has 0 aliphatic carbocycles. The number of rotatable bonds is 4. The van der Waals surface area contributed by atoms with Crippen LogP contribution in [0.1, 0.15) is 21.5 Å². The number of hydrogen-bond acceptors (Lipinski definition) is 2. The van der Waals surface area contributed by atoms with E-state index in [1.54, 1.807) is 18.2 Å². The summed E-state index contributed by atoms with van der Waals surface area (Å²) in [6.45, 7) is 1.98. The lowest BCUT2D eigenvalue weighted by Gasteiger charge is -2.04. The van der Waals surface area contributed by atoms with E-state index in [0.29, 0.717) is 5.75 Å². The maximum Gasteiger partial charge on any atom is 0.335 e. The van der Waals surface area contributed by atoms with Crippen LogP contribution in [0.4, 0.5) is 0 Å². The van der Waals surface area contributed by atoms with Gasteiger partial charge < -0.3 is 5.11 Å². The van der Waals surface area contributed by atoms with Gasteiger partial charge in [0.2, 0.25) is 0 Å². The molecular formula is C15H14O3S. The Bertz CT molecular complexity index is 618. The zero-order valence-electron chi connectivity index (χ0n) is 10.5. The molecule has 0 fully saturated rings. The quantitative estimate of drug-likeness (QED) is 0.932. The molecule has 0 heterocycles. The number of carboxylic acids is 1. The molecule has 1 atom stereocenters. The third-order valence-electron chi connectivity index (χ3n) is 2.76. The summed E-state index contributed by atoms with van der Waals surface area (Å²) in [5.74, 6) is -0.646. The summed E-state index contributed by atoms with van der Waals surface area (Å²) in [5.41, 5.74) is 2.10. The Hall–Kier alpha value is -1.94. The Labute approximate surface area is 114 Å². The van der Waals surface area contributed by atoms with Crippen LogP contribution in [0.3, 0.4) is 0 Å². The highest BCUT2D eigenvalue weighted by Crippen LogP contribution is 2.14. The van der Waals surface area contributed by atoms with Crippen LogP contribution < -0.4 is 0 Å². The third kappa shape index (κ3) is 3.51. The fraction of sp³-hybridized carbons (Fsp3) is 0.133. The van der Waals surface area contributed by atoms with E-state index in [-0.39, 0.29) is 5.56 Å². The molecule has 1 N–H and O–H groups in total. The second-order valence-corrected chi connectivity index (χ2v) is 5.76. The minimum atomic E-state index is -1.16. The van der Waals surface area contributed by atoms with E-state index in [4.69, 9.17) is 5.11 Å². The lowest BCUT2D eigenvalue weighted by molar-refractivity contribution is 0.0697. The van der Waals surface area contributed by atoms with Crippen LogP contribution in [0.2, 0.25) is 0 Å². The van der Waals surface area contributed by atoms with Gasteiger partial charge in [0.25, 0.3) is 0 Å². The predicted octanol–water partition coefficient (Wildman–Crippen LogP) is 3.00. The molecule has 0 aliphatic rings. The fourth-order valence-electron chi connectivity index (χ4n) is 1.72. The summed E-state index contributed by atoms with van der Waals surface area (Å²) in [6.07, 6.45) is 0. The lowest BCUT2D eigenvalue weighted by Crippen LogP contribution is -2.00. The van der Waals surface area contributed by atoms with Crippen LogP contribution in [0.25, 0.3) is 0 Å². The van der Waals surface area contributed by atoms with E-state index in [9.17, 15) is 9.00 Å². The normalized spacial score (nSPS) is 12.1. The Morgan fingerprint density at radius 1 is 1.16 bits per heavy atom. The third-order valence-corrected chi connectivity index (χ3v) is 4.15. The number of carboxylic acid groups (broad SMARTS) is 1. The maximum absolute atomic E-state index is 12.2. The van der Waals surface area contributed by atoms with E-state index in [1.807, 2.05) is 31.2 Å². The number of aromatic carboxylic acids is 1. The molecular weight excluding hydrogens is 260 g/mol. The first-order valence-electron chi connectivity index (χ1n) is 5.83. The van der Waals surface area contributed by atoms with Gasteiger partial charge in [0.1, 0.15) is 0 Å². The molecule has 4 heteroatoms. The van der Waals surface area contributed by atoms with Crippen molar-refractivity contribution >= 4 is 16.8 Å². The van der Waals surface area contributed by atoms with Crippen LogP contribution in [0, 0.1) is 6.92 Å². The highest BCUT2D eigenvalue weighted by Gasteiger charge is 2.08. The van der Waals surface area contributed by atoms with Gasteiger partial charge in [0, 0.05) is 4.90 Å². The molecule has 0 saturated heterocycles. The van der Waals surface area contributed by atoms with Crippen LogP contribution >= 0.6 is 0 Å². The van der Waals surface area contributed by atoms with Crippen molar-refractivity contribution in [3.63, 3.8) is 0 Å². The van der Waals surface area contributed by atoms with E-state index in [0.717, 1.165) is 16.0 Å². The molecule has 98 valence electrons. The molecule has 2 aromatic rings. The van der Waals surface area contributed by atoms with Gasteiger partial charge in [-0.15, -0.1) is 0 Å². The number of benzene rings is 2. The average molecular weight is 274 g/mol. The molecule has 0 amide bonds. The molecule has 0 spiro atoms. The number of hydrogen-bond donors (Lipinski definition) is 1. The largest absolute Gasteiger partial charge is 0.478 e. The van der Waals surface area contributed by atoms with Crippen molar-refractivity contribution in [2.24, 2.45) is 0 Å². The van der Waals surface area contributed by atoms with Crippen molar-refractivity contribution in [1.82, 2.24) is 0 Å². The zero-order chi connectivity index (χ0) is 13.8. The average Bonchev–Trinajstić information content (AvgIpc) is 2.39. The minimum absolute atomic E-state index is 0.221. The van der Waals surface area contributed by atoms with E-state index >= 15 is 0 Å². The van der Waals surface area contributed by atoms with Gasteiger partial charge in [0.05, 0.1) is 22.1 Å². The first-order chi connectivity index (χ1) is 9.06. The molecule has 2 rings (SSSR count). The Kier molecular flexibility index (Phi) is 4.12. The molecule has 0 aliphatic heterocycles. The fourth-order valence-corrected chi connectivity index (χ4v) is 2.81. The van der Waals surface area contributed by atoms with Crippen LogP contribution in [0.5, 0.6) is 0 Å². The van der Waals surface area contributed by atoms with Crippen molar-refractivity contribution in [2.45, 2.75) is 17.6 Å². The topological polar surface area (TPSA) is 54.4 Å². The van der Waals surface area contributed by atoms with Gasteiger partial charge in [-0.25, -0.2) is 4.79 Å². The van der Waals surface area contributed by atoms with Crippen LogP contribution in [-0.2, 0) is 16.6 Å². The van der Waals surface area contributed by atoms with Gasteiger partial charge in [-0.05, 0) is 36.8 Å². The monoisotopic (exact) mass is 274 g/mol. The molecule has 0 aromatic heterocycles. The number of carbonyl (C=O) groups is 1. The smallest absolute Gasteiger partial charge is 0.335 e. The summed E-state index contributed by atoms with van der Waals surface area (Å²) < 4.78 is 12.2. The summed E-state index contributed by atoms with van der Waals surface area (Å²) in [6, 6.07) is 14.1. The van der Waals surface area contributed by atoms with Crippen molar-refractivity contribution in [3.05, 3.63) is 65.2 Å². The van der Waals surface area contributed by atoms with Crippen molar-refractivity contribution < 1.29 is 14.1 Å². The lowest BCUT2D eigenvalue weighted by atomic mass is 10.1. The highest BCUT2D eigenvalue weighted by atomic mass is 32.2. The van der Waals surface area contributed by atoms with Gasteiger partial charge >= 0.3 is 5.97 Å². The van der Waals surface area contributed by atoms with E-state index in [2.05, 4.69) is 0 Å². The summed E-state index contributed by atoms with van der Waals surface area (Å²) in [5, 5.41) is 8.92. The van der Waals surface area contributed by atoms with Crippen LogP contribution in [0.15, 0.2) is 53.4 Å². The summed E-state index contributed by atoms with van der Waals surface area (Å²) in [7, 11) is -1.16. The minimum Gasteiger partial charge on any atom is -0.478 e. The standard InChI is InChI=1S/C15H14O3S/c1-11-5-7-14(8-6-11)19(18)10-12-3-2-4-13(9-12)15(16)17/h2-9H,10H2,1H3,(H,16,17). The zero-order valence-corrected chi connectivity index (χ0v) is 11.3. The molecule has 19 heavy (non-hydrogen) atoms. The van der Waals surface area contributed by atoms with Gasteiger partial charge in [0.15, 0.2) is 0 Å². The molecule has 0 saturated carbocycles. The summed E-state index contributed by atoms with van der Waals surface area (Å²) in [4.78, 5) is 11.6. The van der Waals surface area contributed by atoms with Crippen LogP contribution in [-0.4, -0.2) is 15.3 Å². The molecule has 1 unspecified atom stereocenters. The first-order valence-corrected chi connectivity index (χ1v) is 7.15. The maximum atomic E-state index is 12.2. The number of aryl methyl sites for hydroxylation is 1. The van der Waals surface area contributed by atoms with Crippen molar-refractivity contribution in [3.8, 4) is 0 Å². The van der Waals surface area contributed by atoms with Gasteiger partial charge in [-0.1, -0.05) is 29.8 Å². The Balaban J connectivity index is 2.17. The molecule has 3 nitrogen and oxygen atoms in total. The van der Waals surface area contributed by atoms with Gasteiger partial charge in [-0.2, -0.15) is 0 Å².